The lowest BCUT2D eigenvalue weighted by Gasteiger charge is -1.92. The van der Waals surface area contributed by atoms with Gasteiger partial charge in [-0.05, 0) is 30.3 Å². The Bertz CT molecular complexity index is 507. The van der Waals surface area contributed by atoms with Gasteiger partial charge in [0.2, 0.25) is 0 Å². The molecule has 0 radical (unpaired) electrons. The molecule has 0 aliphatic heterocycles. The quantitative estimate of drug-likeness (QED) is 0.515. The van der Waals surface area contributed by atoms with E-state index in [9.17, 15) is 0 Å². The van der Waals surface area contributed by atoms with Gasteiger partial charge in [-0.2, -0.15) is 0 Å². The van der Waals surface area contributed by atoms with E-state index in [2.05, 4.69) is 16.8 Å². The summed E-state index contributed by atoms with van der Waals surface area (Å²) in [5.74, 6) is 6.09. The molecule has 0 bridgehead atoms. The van der Waals surface area contributed by atoms with Crippen LogP contribution in [0.3, 0.4) is 0 Å². The maximum atomic E-state index is 5.65. The molecule has 2 aromatic rings. The number of hydrogen-bond donors (Lipinski definition) is 1. The largest absolute Gasteiger partial charge is 0.399 e. The summed E-state index contributed by atoms with van der Waals surface area (Å²) in [6.07, 6.45) is 3.45. The summed E-state index contributed by atoms with van der Waals surface area (Å²) in [6, 6.07) is 11.3. The molecule has 2 heteroatoms. The molecule has 2 rings (SSSR count). The van der Waals surface area contributed by atoms with Crippen LogP contribution in [0.1, 0.15) is 11.1 Å². The first-order valence-corrected chi connectivity index (χ1v) is 4.62. The van der Waals surface area contributed by atoms with Crippen molar-refractivity contribution in [2.45, 2.75) is 0 Å². The smallest absolute Gasteiger partial charge is 0.0326 e. The highest BCUT2D eigenvalue weighted by atomic mass is 14.6. The predicted molar refractivity (Wildman–Crippen MR) is 61.1 cm³/mol. The molecule has 0 aliphatic rings. The molecule has 0 atom stereocenters. The van der Waals surface area contributed by atoms with Gasteiger partial charge in [-0.1, -0.05) is 17.9 Å². The molecule has 0 amide bonds. The van der Waals surface area contributed by atoms with Crippen molar-refractivity contribution in [2.75, 3.05) is 5.73 Å². The maximum absolute atomic E-state index is 5.65. The van der Waals surface area contributed by atoms with Gasteiger partial charge < -0.3 is 5.73 Å². The number of nitrogens with zero attached hydrogens (tertiary/aromatic N) is 1. The van der Waals surface area contributed by atoms with Crippen LogP contribution in [-0.2, 0) is 0 Å². The SMILES string of the molecule is Nc1cccc(C#Cc2ccncc2)c1. The summed E-state index contributed by atoms with van der Waals surface area (Å²) in [4.78, 5) is 3.93. The Balaban J connectivity index is 2.26. The molecule has 1 heterocycles. The number of nitrogen functional groups attached to an aromatic ring is 1. The number of anilines is 1. The number of rotatable bonds is 0. The minimum absolute atomic E-state index is 0.733. The van der Waals surface area contributed by atoms with E-state index in [1.54, 1.807) is 12.4 Å². The minimum Gasteiger partial charge on any atom is -0.399 e. The highest BCUT2D eigenvalue weighted by Gasteiger charge is 1.87. The van der Waals surface area contributed by atoms with E-state index in [4.69, 9.17) is 5.73 Å². The van der Waals surface area contributed by atoms with Gasteiger partial charge in [-0.15, -0.1) is 0 Å². The lowest BCUT2D eigenvalue weighted by molar-refractivity contribution is 1.32. The number of aromatic nitrogens is 1. The minimum atomic E-state index is 0.733. The van der Waals surface area contributed by atoms with Crippen LogP contribution < -0.4 is 5.73 Å². The second-order valence-electron chi connectivity index (χ2n) is 3.11. The zero-order valence-corrected chi connectivity index (χ0v) is 8.14. The van der Waals surface area contributed by atoms with Crippen molar-refractivity contribution in [3.63, 3.8) is 0 Å². The van der Waals surface area contributed by atoms with Crippen molar-refractivity contribution in [1.82, 2.24) is 4.98 Å². The molecule has 15 heavy (non-hydrogen) atoms. The van der Waals surface area contributed by atoms with E-state index in [1.807, 2.05) is 36.4 Å². The Morgan fingerprint density at radius 2 is 1.67 bits per heavy atom. The second-order valence-corrected chi connectivity index (χ2v) is 3.11. The monoisotopic (exact) mass is 194 g/mol. The van der Waals surface area contributed by atoms with Crippen LogP contribution in [0.5, 0.6) is 0 Å². The van der Waals surface area contributed by atoms with Crippen LogP contribution in [-0.4, -0.2) is 4.98 Å². The molecule has 1 aromatic heterocycles. The van der Waals surface area contributed by atoms with Gasteiger partial charge in [0.15, 0.2) is 0 Å². The van der Waals surface area contributed by atoms with Crippen LogP contribution in [0.4, 0.5) is 5.69 Å². The van der Waals surface area contributed by atoms with Gasteiger partial charge in [0, 0.05) is 29.2 Å². The predicted octanol–water partition coefficient (Wildman–Crippen LogP) is 2.06. The lowest BCUT2D eigenvalue weighted by atomic mass is 10.2. The molecule has 0 unspecified atom stereocenters. The fraction of sp³-hybridized carbons (Fsp3) is 0. The van der Waals surface area contributed by atoms with Gasteiger partial charge in [0.05, 0.1) is 0 Å². The molecule has 0 saturated carbocycles. The van der Waals surface area contributed by atoms with Crippen molar-refractivity contribution in [3.8, 4) is 11.8 Å². The van der Waals surface area contributed by atoms with Crippen molar-refractivity contribution < 1.29 is 0 Å². The topological polar surface area (TPSA) is 38.9 Å². The van der Waals surface area contributed by atoms with Gasteiger partial charge in [-0.25, -0.2) is 0 Å². The Hall–Kier alpha value is -2.27. The Labute approximate surface area is 88.8 Å². The molecular formula is C13H10N2. The highest BCUT2D eigenvalue weighted by molar-refractivity contribution is 5.49. The number of pyridine rings is 1. The van der Waals surface area contributed by atoms with Crippen LogP contribution >= 0.6 is 0 Å². The maximum Gasteiger partial charge on any atom is 0.0326 e. The zero-order chi connectivity index (χ0) is 10.5. The van der Waals surface area contributed by atoms with Crippen LogP contribution in [0.15, 0.2) is 48.8 Å². The van der Waals surface area contributed by atoms with Crippen molar-refractivity contribution >= 4 is 5.69 Å². The third-order valence-corrected chi connectivity index (χ3v) is 1.92. The Morgan fingerprint density at radius 3 is 2.40 bits per heavy atom. The fourth-order valence-electron chi connectivity index (χ4n) is 1.20. The summed E-state index contributed by atoms with van der Waals surface area (Å²) >= 11 is 0. The molecule has 72 valence electrons. The van der Waals surface area contributed by atoms with Crippen LogP contribution in [0.2, 0.25) is 0 Å². The van der Waals surface area contributed by atoms with Gasteiger partial charge in [-0.3, -0.25) is 4.98 Å². The first kappa shape index (κ1) is 9.29. The van der Waals surface area contributed by atoms with E-state index < -0.39 is 0 Å². The van der Waals surface area contributed by atoms with Gasteiger partial charge in [0.25, 0.3) is 0 Å². The molecule has 2 N–H and O–H groups in total. The molecule has 0 spiro atoms. The third kappa shape index (κ3) is 2.58. The summed E-state index contributed by atoms with van der Waals surface area (Å²) < 4.78 is 0. The molecular weight excluding hydrogens is 184 g/mol. The van der Waals surface area contributed by atoms with Crippen molar-refractivity contribution in [2.24, 2.45) is 0 Å². The standard InChI is InChI=1S/C13H10N2/c14-13-3-1-2-12(10-13)5-4-11-6-8-15-9-7-11/h1-3,6-10H,14H2. The molecule has 1 aromatic carbocycles. The van der Waals surface area contributed by atoms with E-state index in [0.29, 0.717) is 0 Å². The van der Waals surface area contributed by atoms with Crippen molar-refractivity contribution in [3.05, 3.63) is 59.9 Å². The number of hydrogen-bond acceptors (Lipinski definition) is 2. The number of nitrogens with two attached hydrogens (primary N) is 1. The Kier molecular flexibility index (Phi) is 2.66. The highest BCUT2D eigenvalue weighted by Crippen LogP contribution is 2.05. The normalized spacial score (nSPS) is 9.07. The average molecular weight is 194 g/mol. The van der Waals surface area contributed by atoms with Gasteiger partial charge >= 0.3 is 0 Å². The lowest BCUT2D eigenvalue weighted by Crippen LogP contribution is -1.84. The summed E-state index contributed by atoms with van der Waals surface area (Å²) in [6.45, 7) is 0. The van der Waals surface area contributed by atoms with Crippen LogP contribution in [0, 0.1) is 11.8 Å². The molecule has 0 fully saturated rings. The van der Waals surface area contributed by atoms with Crippen LogP contribution in [0.25, 0.3) is 0 Å². The van der Waals surface area contributed by atoms with Gasteiger partial charge in [0.1, 0.15) is 0 Å². The second kappa shape index (κ2) is 4.30. The first-order chi connectivity index (χ1) is 7.34. The molecule has 0 aliphatic carbocycles. The summed E-state index contributed by atoms with van der Waals surface area (Å²) in [5.41, 5.74) is 8.26. The zero-order valence-electron chi connectivity index (χ0n) is 8.14. The summed E-state index contributed by atoms with van der Waals surface area (Å²) in [5, 5.41) is 0. The van der Waals surface area contributed by atoms with E-state index in [1.165, 1.54) is 0 Å². The third-order valence-electron chi connectivity index (χ3n) is 1.92. The fourth-order valence-corrected chi connectivity index (χ4v) is 1.20. The van der Waals surface area contributed by atoms with E-state index in [-0.39, 0.29) is 0 Å². The van der Waals surface area contributed by atoms with E-state index in [0.717, 1.165) is 16.8 Å². The number of benzene rings is 1. The molecule has 2 nitrogen and oxygen atoms in total. The first-order valence-electron chi connectivity index (χ1n) is 4.62. The summed E-state index contributed by atoms with van der Waals surface area (Å²) in [7, 11) is 0. The van der Waals surface area contributed by atoms with E-state index >= 15 is 0 Å². The Morgan fingerprint density at radius 1 is 0.933 bits per heavy atom. The molecule has 0 saturated heterocycles. The average Bonchev–Trinajstić information content (AvgIpc) is 2.28. The van der Waals surface area contributed by atoms with Crippen molar-refractivity contribution in [1.29, 1.82) is 0 Å².